The molecule has 0 aliphatic rings. The van der Waals surface area contributed by atoms with Crippen molar-refractivity contribution in [3.8, 4) is 5.75 Å². The maximum atomic E-state index is 11.6. The van der Waals surface area contributed by atoms with Crippen molar-refractivity contribution in [2.75, 3.05) is 13.1 Å². The lowest BCUT2D eigenvalue weighted by Crippen LogP contribution is -2.37. The van der Waals surface area contributed by atoms with E-state index in [-0.39, 0.29) is 24.4 Å². The van der Waals surface area contributed by atoms with Crippen LogP contribution < -0.4 is 16.4 Å². The molecule has 0 fully saturated rings. The van der Waals surface area contributed by atoms with Crippen molar-refractivity contribution in [3.63, 3.8) is 0 Å². The first-order chi connectivity index (χ1) is 8.00. The molecular formula is C10H12IN3O3. The van der Waals surface area contributed by atoms with Crippen LogP contribution in [-0.2, 0) is 0 Å². The Morgan fingerprint density at radius 3 is 2.59 bits per heavy atom. The van der Waals surface area contributed by atoms with E-state index < -0.39 is 11.9 Å². The molecule has 1 aromatic rings. The van der Waals surface area contributed by atoms with Gasteiger partial charge in [0.05, 0.1) is 5.56 Å². The van der Waals surface area contributed by atoms with Crippen LogP contribution in [0.15, 0.2) is 18.2 Å². The topological polar surface area (TPSA) is 104 Å². The number of nitrogens with one attached hydrogen (secondary N) is 2. The molecule has 0 saturated carbocycles. The average Bonchev–Trinajstić information content (AvgIpc) is 2.27. The highest BCUT2D eigenvalue weighted by Crippen LogP contribution is 2.19. The Kier molecular flexibility index (Phi) is 5.01. The maximum Gasteiger partial charge on any atom is 0.312 e. The highest BCUT2D eigenvalue weighted by molar-refractivity contribution is 14.1. The monoisotopic (exact) mass is 349 g/mol. The van der Waals surface area contributed by atoms with E-state index in [4.69, 9.17) is 5.73 Å². The number of phenolic OH excluding ortho intramolecular Hbond substituents is 1. The molecule has 1 rings (SSSR count). The van der Waals surface area contributed by atoms with Gasteiger partial charge in [0.1, 0.15) is 5.75 Å². The van der Waals surface area contributed by atoms with Gasteiger partial charge < -0.3 is 21.5 Å². The Hall–Kier alpha value is -1.51. The van der Waals surface area contributed by atoms with Gasteiger partial charge in [0.25, 0.3) is 5.91 Å². The Balaban J connectivity index is 2.52. The van der Waals surface area contributed by atoms with Crippen molar-refractivity contribution in [1.82, 2.24) is 10.6 Å². The van der Waals surface area contributed by atoms with Gasteiger partial charge in [-0.15, -0.1) is 0 Å². The molecule has 7 heteroatoms. The number of benzene rings is 1. The standard InChI is InChI=1S/C10H12IN3O3/c11-6-1-2-8(15)7(5-6)9(16)13-3-4-14-10(12)17/h1-2,5,15H,3-4H2,(H,13,16)(H3,12,14,17). The van der Waals surface area contributed by atoms with Gasteiger partial charge in [-0.3, -0.25) is 4.79 Å². The molecule has 92 valence electrons. The number of hydrogen-bond acceptors (Lipinski definition) is 3. The number of carbonyl (C=O) groups is 2. The van der Waals surface area contributed by atoms with Crippen molar-refractivity contribution >= 4 is 34.5 Å². The number of phenols is 1. The second-order valence-electron chi connectivity index (χ2n) is 3.21. The van der Waals surface area contributed by atoms with Crippen molar-refractivity contribution in [3.05, 3.63) is 27.3 Å². The Morgan fingerprint density at radius 2 is 1.94 bits per heavy atom. The van der Waals surface area contributed by atoms with Crippen molar-refractivity contribution in [1.29, 1.82) is 0 Å². The zero-order chi connectivity index (χ0) is 12.8. The van der Waals surface area contributed by atoms with Gasteiger partial charge in [-0.2, -0.15) is 0 Å². The molecule has 3 amide bonds. The summed E-state index contributed by atoms with van der Waals surface area (Å²) in [6, 6.07) is 4.09. The van der Waals surface area contributed by atoms with Gasteiger partial charge in [-0.25, -0.2) is 4.79 Å². The van der Waals surface area contributed by atoms with E-state index in [9.17, 15) is 14.7 Å². The predicted molar refractivity (Wildman–Crippen MR) is 70.7 cm³/mol. The molecule has 0 bridgehead atoms. The van der Waals surface area contributed by atoms with Gasteiger partial charge in [0.15, 0.2) is 0 Å². The van der Waals surface area contributed by atoms with Crippen molar-refractivity contribution in [2.24, 2.45) is 5.73 Å². The zero-order valence-corrected chi connectivity index (χ0v) is 11.0. The molecule has 0 aliphatic carbocycles. The fourth-order valence-electron chi connectivity index (χ4n) is 1.15. The molecule has 0 radical (unpaired) electrons. The molecule has 0 spiro atoms. The quantitative estimate of drug-likeness (QED) is 0.467. The molecule has 1 aromatic carbocycles. The number of aromatic hydroxyl groups is 1. The molecule has 5 N–H and O–H groups in total. The number of nitrogens with two attached hydrogens (primary N) is 1. The molecule has 0 saturated heterocycles. The SMILES string of the molecule is NC(=O)NCCNC(=O)c1cc(I)ccc1O. The number of urea groups is 1. The normalized spacial score (nSPS) is 9.71. The highest BCUT2D eigenvalue weighted by Gasteiger charge is 2.10. The summed E-state index contributed by atoms with van der Waals surface area (Å²) in [5.74, 6) is -0.474. The summed E-state index contributed by atoms with van der Waals surface area (Å²) < 4.78 is 0.848. The molecule has 0 aliphatic heterocycles. The van der Waals surface area contributed by atoms with E-state index in [0.717, 1.165) is 3.57 Å². The van der Waals surface area contributed by atoms with Crippen LogP contribution in [0.5, 0.6) is 5.75 Å². The second kappa shape index (κ2) is 6.28. The third kappa shape index (κ3) is 4.47. The minimum Gasteiger partial charge on any atom is -0.507 e. The van der Waals surface area contributed by atoms with E-state index in [1.807, 2.05) is 22.6 Å². The largest absolute Gasteiger partial charge is 0.507 e. The molecule has 6 nitrogen and oxygen atoms in total. The fourth-order valence-corrected chi connectivity index (χ4v) is 1.64. The van der Waals surface area contributed by atoms with Crippen molar-refractivity contribution < 1.29 is 14.7 Å². The number of amides is 3. The highest BCUT2D eigenvalue weighted by atomic mass is 127. The lowest BCUT2D eigenvalue weighted by atomic mass is 10.2. The first-order valence-corrected chi connectivity index (χ1v) is 5.88. The predicted octanol–water partition coefficient (Wildman–Crippen LogP) is 0.395. The summed E-state index contributed by atoms with van der Waals surface area (Å²) >= 11 is 2.04. The molecular weight excluding hydrogens is 337 g/mol. The lowest BCUT2D eigenvalue weighted by Gasteiger charge is -2.07. The number of primary amides is 1. The Morgan fingerprint density at radius 1 is 1.29 bits per heavy atom. The molecule has 0 unspecified atom stereocenters. The lowest BCUT2D eigenvalue weighted by molar-refractivity contribution is 0.0951. The molecule has 0 aromatic heterocycles. The summed E-state index contributed by atoms with van der Waals surface area (Å²) in [6.07, 6.45) is 0. The van der Waals surface area contributed by atoms with Crippen LogP contribution in [0.4, 0.5) is 4.79 Å². The first kappa shape index (κ1) is 13.6. The van der Waals surface area contributed by atoms with Gasteiger partial charge >= 0.3 is 6.03 Å². The van der Waals surface area contributed by atoms with Gasteiger partial charge in [-0.05, 0) is 40.8 Å². The first-order valence-electron chi connectivity index (χ1n) is 4.80. The maximum absolute atomic E-state index is 11.6. The van der Waals surface area contributed by atoms with Crippen LogP contribution in [0.25, 0.3) is 0 Å². The number of halogens is 1. The summed E-state index contributed by atoms with van der Waals surface area (Å²) in [5.41, 5.74) is 5.07. The summed E-state index contributed by atoms with van der Waals surface area (Å²) in [6.45, 7) is 0.485. The molecule has 0 atom stereocenters. The fraction of sp³-hybridized carbons (Fsp3) is 0.200. The van der Waals surface area contributed by atoms with Crippen LogP contribution in [0.3, 0.4) is 0 Å². The minimum atomic E-state index is -0.642. The number of hydrogen-bond donors (Lipinski definition) is 4. The van der Waals surface area contributed by atoms with Crippen LogP contribution in [0, 0.1) is 3.57 Å². The summed E-state index contributed by atoms with van der Waals surface area (Å²) in [4.78, 5) is 22.0. The van der Waals surface area contributed by atoms with E-state index in [2.05, 4.69) is 10.6 Å². The van der Waals surface area contributed by atoms with Crippen LogP contribution in [0.1, 0.15) is 10.4 Å². The average molecular weight is 349 g/mol. The zero-order valence-electron chi connectivity index (χ0n) is 8.87. The molecule has 17 heavy (non-hydrogen) atoms. The Bertz CT molecular complexity index is 437. The number of carbonyl (C=O) groups excluding carboxylic acids is 2. The van der Waals surface area contributed by atoms with E-state index in [1.165, 1.54) is 6.07 Å². The Labute approximate surface area is 112 Å². The van der Waals surface area contributed by atoms with E-state index in [0.29, 0.717) is 0 Å². The minimum absolute atomic E-state index is 0.0780. The van der Waals surface area contributed by atoms with Crippen molar-refractivity contribution in [2.45, 2.75) is 0 Å². The van der Waals surface area contributed by atoms with Gasteiger partial charge in [0.2, 0.25) is 0 Å². The third-order valence-electron chi connectivity index (χ3n) is 1.91. The van der Waals surface area contributed by atoms with Gasteiger partial charge in [0, 0.05) is 16.7 Å². The van der Waals surface area contributed by atoms with Crippen LogP contribution >= 0.6 is 22.6 Å². The third-order valence-corrected chi connectivity index (χ3v) is 2.58. The second-order valence-corrected chi connectivity index (χ2v) is 4.45. The van der Waals surface area contributed by atoms with Crippen LogP contribution in [0.2, 0.25) is 0 Å². The van der Waals surface area contributed by atoms with Gasteiger partial charge in [-0.1, -0.05) is 0 Å². The van der Waals surface area contributed by atoms with Crippen LogP contribution in [-0.4, -0.2) is 30.1 Å². The summed E-state index contributed by atoms with van der Waals surface area (Å²) in [7, 11) is 0. The molecule has 0 heterocycles. The smallest absolute Gasteiger partial charge is 0.312 e. The van der Waals surface area contributed by atoms with E-state index in [1.54, 1.807) is 12.1 Å². The number of rotatable bonds is 4. The summed E-state index contributed by atoms with van der Waals surface area (Å²) in [5, 5.41) is 14.4. The van der Waals surface area contributed by atoms with E-state index >= 15 is 0 Å².